The molecule has 4 nitrogen and oxygen atoms in total. The Balaban J connectivity index is 1.36. The van der Waals surface area contributed by atoms with E-state index in [1.165, 1.54) is 10.9 Å². The van der Waals surface area contributed by atoms with Gasteiger partial charge < -0.3 is 4.90 Å². The lowest BCUT2D eigenvalue weighted by molar-refractivity contribution is 0.0791. The van der Waals surface area contributed by atoms with Crippen LogP contribution in [-0.4, -0.2) is 33.9 Å². The predicted molar refractivity (Wildman–Crippen MR) is 115 cm³/mol. The van der Waals surface area contributed by atoms with Gasteiger partial charge >= 0.3 is 0 Å². The molecule has 1 unspecified atom stereocenters. The predicted octanol–water partition coefficient (Wildman–Crippen LogP) is 4.93. The van der Waals surface area contributed by atoms with Crippen LogP contribution in [0.25, 0.3) is 21.9 Å². The molecule has 0 aliphatic carbocycles. The molecule has 29 heavy (non-hydrogen) atoms. The first kappa shape index (κ1) is 17.6. The Hall–Kier alpha value is -3.53. The van der Waals surface area contributed by atoms with E-state index in [1.54, 1.807) is 6.20 Å². The zero-order valence-electron chi connectivity index (χ0n) is 16.0. The highest BCUT2D eigenvalue weighted by Gasteiger charge is 2.28. The zero-order valence-corrected chi connectivity index (χ0v) is 16.0. The molecule has 1 saturated heterocycles. The molecule has 1 atom stereocenters. The fourth-order valence-electron chi connectivity index (χ4n) is 4.18. The maximum absolute atomic E-state index is 13.0. The minimum absolute atomic E-state index is 0.102. The van der Waals surface area contributed by atoms with Crippen LogP contribution in [0.15, 0.2) is 85.5 Å². The summed E-state index contributed by atoms with van der Waals surface area (Å²) in [6.45, 7) is 1.54. The Labute approximate surface area is 169 Å². The number of likely N-dealkylation sites (tertiary alicyclic amines) is 1. The number of carbonyl (C=O) groups excluding carboxylic acids is 1. The first-order chi connectivity index (χ1) is 14.3. The SMILES string of the molecule is O=C(c1ccc(-c2cccc3cnccc23)cc1)N1CCC(c2cccnc2)C1. The quantitative estimate of drug-likeness (QED) is 0.507. The molecule has 2 aromatic carbocycles. The lowest BCUT2D eigenvalue weighted by Gasteiger charge is -2.17. The lowest BCUT2D eigenvalue weighted by atomic mass is 9.98. The molecule has 1 amide bonds. The summed E-state index contributed by atoms with van der Waals surface area (Å²) in [5.74, 6) is 0.473. The third-order valence-corrected chi connectivity index (χ3v) is 5.75. The van der Waals surface area contributed by atoms with Crippen molar-refractivity contribution in [3.05, 3.63) is 96.6 Å². The van der Waals surface area contributed by atoms with Crippen molar-refractivity contribution in [1.29, 1.82) is 0 Å². The van der Waals surface area contributed by atoms with Crippen LogP contribution in [0.1, 0.15) is 28.3 Å². The summed E-state index contributed by atoms with van der Waals surface area (Å²) < 4.78 is 0. The third-order valence-electron chi connectivity index (χ3n) is 5.75. The van der Waals surface area contributed by atoms with Crippen LogP contribution in [0.3, 0.4) is 0 Å². The maximum atomic E-state index is 13.0. The Kier molecular flexibility index (Phi) is 4.53. The molecule has 1 aliphatic heterocycles. The van der Waals surface area contributed by atoms with Crippen LogP contribution in [0, 0.1) is 0 Å². The van der Waals surface area contributed by atoms with Crippen molar-refractivity contribution in [2.45, 2.75) is 12.3 Å². The normalized spacial score (nSPS) is 16.3. The average Bonchev–Trinajstić information content (AvgIpc) is 3.29. The number of pyridine rings is 2. The smallest absolute Gasteiger partial charge is 0.253 e. The largest absolute Gasteiger partial charge is 0.338 e. The highest BCUT2D eigenvalue weighted by Crippen LogP contribution is 2.30. The van der Waals surface area contributed by atoms with Gasteiger partial charge in [-0.1, -0.05) is 36.4 Å². The first-order valence-electron chi connectivity index (χ1n) is 9.92. The maximum Gasteiger partial charge on any atom is 0.253 e. The standard InChI is InChI=1S/C25H21N3O/c29-25(28-14-11-22(17-28)20-4-2-12-26-15-20)19-8-6-18(7-9-19)23-5-1-3-21-16-27-13-10-24(21)23/h1-10,12-13,15-16,22H,11,14,17H2. The summed E-state index contributed by atoms with van der Waals surface area (Å²) >= 11 is 0. The average molecular weight is 379 g/mol. The van der Waals surface area contributed by atoms with Gasteiger partial charge in [-0.25, -0.2) is 0 Å². The second kappa shape index (κ2) is 7.47. The number of nitrogens with zero attached hydrogens (tertiary/aromatic N) is 3. The number of benzene rings is 2. The van der Waals surface area contributed by atoms with E-state index in [2.05, 4.69) is 28.2 Å². The van der Waals surface area contributed by atoms with Gasteiger partial charge in [0.15, 0.2) is 0 Å². The van der Waals surface area contributed by atoms with Crippen LogP contribution < -0.4 is 0 Å². The molecular formula is C25H21N3O. The summed E-state index contributed by atoms with van der Waals surface area (Å²) in [4.78, 5) is 23.4. The molecule has 142 valence electrons. The fourth-order valence-corrected chi connectivity index (χ4v) is 4.18. The highest BCUT2D eigenvalue weighted by atomic mass is 16.2. The molecule has 4 heteroatoms. The van der Waals surface area contributed by atoms with Crippen molar-refractivity contribution in [2.24, 2.45) is 0 Å². The van der Waals surface area contributed by atoms with Gasteiger partial charge in [0.05, 0.1) is 0 Å². The van der Waals surface area contributed by atoms with Gasteiger partial charge in [-0.05, 0) is 52.8 Å². The van der Waals surface area contributed by atoms with Gasteiger partial charge in [-0.3, -0.25) is 14.8 Å². The number of amides is 1. The van der Waals surface area contributed by atoms with E-state index in [0.717, 1.165) is 41.6 Å². The second-order valence-electron chi connectivity index (χ2n) is 7.50. The van der Waals surface area contributed by atoms with E-state index >= 15 is 0 Å². The van der Waals surface area contributed by atoms with Crippen LogP contribution in [0.4, 0.5) is 0 Å². The van der Waals surface area contributed by atoms with Crippen LogP contribution in [-0.2, 0) is 0 Å². The Morgan fingerprint density at radius 1 is 0.897 bits per heavy atom. The Morgan fingerprint density at radius 2 is 1.76 bits per heavy atom. The van der Waals surface area contributed by atoms with Crippen molar-refractivity contribution in [1.82, 2.24) is 14.9 Å². The number of hydrogen-bond acceptors (Lipinski definition) is 3. The highest BCUT2D eigenvalue weighted by molar-refractivity contribution is 5.98. The number of fused-ring (bicyclic) bond motifs is 1. The third kappa shape index (κ3) is 3.38. The summed E-state index contributed by atoms with van der Waals surface area (Å²) in [5.41, 5.74) is 4.21. The van der Waals surface area contributed by atoms with E-state index in [9.17, 15) is 4.79 Å². The summed E-state index contributed by atoms with van der Waals surface area (Å²) in [6, 6.07) is 20.3. The van der Waals surface area contributed by atoms with Crippen molar-refractivity contribution in [3.63, 3.8) is 0 Å². The lowest BCUT2D eigenvalue weighted by Crippen LogP contribution is -2.28. The summed E-state index contributed by atoms with van der Waals surface area (Å²) in [5, 5.41) is 2.28. The van der Waals surface area contributed by atoms with Crippen molar-refractivity contribution < 1.29 is 4.79 Å². The van der Waals surface area contributed by atoms with E-state index < -0.39 is 0 Å². The van der Waals surface area contributed by atoms with Gasteiger partial charge in [-0.15, -0.1) is 0 Å². The van der Waals surface area contributed by atoms with Crippen LogP contribution in [0.2, 0.25) is 0 Å². The first-order valence-corrected chi connectivity index (χ1v) is 9.92. The molecule has 5 rings (SSSR count). The van der Waals surface area contributed by atoms with Gasteiger partial charge in [-0.2, -0.15) is 0 Å². The van der Waals surface area contributed by atoms with Crippen molar-refractivity contribution >= 4 is 16.7 Å². The number of carbonyl (C=O) groups is 1. The number of hydrogen-bond donors (Lipinski definition) is 0. The van der Waals surface area contributed by atoms with Gasteiger partial charge in [0.25, 0.3) is 5.91 Å². The monoisotopic (exact) mass is 379 g/mol. The Bertz CT molecular complexity index is 1150. The van der Waals surface area contributed by atoms with Crippen LogP contribution >= 0.6 is 0 Å². The minimum Gasteiger partial charge on any atom is -0.338 e. The minimum atomic E-state index is 0.102. The number of aromatic nitrogens is 2. The molecule has 0 saturated carbocycles. The molecular weight excluding hydrogens is 358 g/mol. The van der Waals surface area contributed by atoms with E-state index in [4.69, 9.17) is 0 Å². The topological polar surface area (TPSA) is 46.1 Å². The molecule has 0 N–H and O–H groups in total. The second-order valence-corrected chi connectivity index (χ2v) is 7.50. The number of rotatable bonds is 3. The molecule has 4 aromatic rings. The molecule has 2 aromatic heterocycles. The van der Waals surface area contributed by atoms with E-state index in [-0.39, 0.29) is 5.91 Å². The zero-order chi connectivity index (χ0) is 19.6. The van der Waals surface area contributed by atoms with Gasteiger partial charge in [0.1, 0.15) is 0 Å². The van der Waals surface area contributed by atoms with Gasteiger partial charge in [0, 0.05) is 54.7 Å². The summed E-state index contributed by atoms with van der Waals surface area (Å²) in [7, 11) is 0. The molecule has 3 heterocycles. The molecule has 0 radical (unpaired) electrons. The molecule has 1 aliphatic rings. The Morgan fingerprint density at radius 3 is 2.59 bits per heavy atom. The van der Waals surface area contributed by atoms with E-state index in [0.29, 0.717) is 5.92 Å². The van der Waals surface area contributed by atoms with E-state index in [1.807, 2.05) is 66.0 Å². The molecule has 0 bridgehead atoms. The van der Waals surface area contributed by atoms with Crippen molar-refractivity contribution in [2.75, 3.05) is 13.1 Å². The summed E-state index contributed by atoms with van der Waals surface area (Å²) in [6.07, 6.45) is 8.38. The fraction of sp³-hybridized carbons (Fsp3) is 0.160. The van der Waals surface area contributed by atoms with Gasteiger partial charge in [0.2, 0.25) is 0 Å². The molecule has 1 fully saturated rings. The van der Waals surface area contributed by atoms with Crippen LogP contribution in [0.5, 0.6) is 0 Å². The molecule has 0 spiro atoms. The van der Waals surface area contributed by atoms with Crippen molar-refractivity contribution in [3.8, 4) is 11.1 Å².